The van der Waals surface area contributed by atoms with Crippen molar-refractivity contribution in [1.82, 2.24) is 0 Å². The van der Waals surface area contributed by atoms with E-state index in [1.807, 2.05) is 24.3 Å². The van der Waals surface area contributed by atoms with Crippen molar-refractivity contribution in [3.8, 4) is 16.9 Å². The maximum absolute atomic E-state index is 11.2. The largest absolute Gasteiger partial charge is 0.497 e. The zero-order valence-electron chi connectivity index (χ0n) is 10.3. The summed E-state index contributed by atoms with van der Waals surface area (Å²) in [4.78, 5) is 10.9. The van der Waals surface area contributed by atoms with Gasteiger partial charge < -0.3 is 10.1 Å². The van der Waals surface area contributed by atoms with Crippen LogP contribution in [0.4, 0.5) is 11.4 Å². The highest BCUT2D eigenvalue weighted by Crippen LogP contribution is 2.42. The highest BCUT2D eigenvalue weighted by Gasteiger charge is 2.24. The molecule has 0 aromatic heterocycles. The monoisotopic (exact) mass is 256 g/mol. The smallest absolute Gasteiger partial charge is 0.277 e. The Morgan fingerprint density at radius 3 is 2.89 bits per heavy atom. The van der Waals surface area contributed by atoms with E-state index in [0.717, 1.165) is 16.8 Å². The Balaban J connectivity index is 2.29. The lowest BCUT2D eigenvalue weighted by Crippen LogP contribution is -2.10. The van der Waals surface area contributed by atoms with Gasteiger partial charge in [-0.25, -0.2) is 0 Å². The number of benzene rings is 2. The molecule has 0 radical (unpaired) electrons. The van der Waals surface area contributed by atoms with E-state index in [4.69, 9.17) is 4.74 Å². The van der Waals surface area contributed by atoms with Gasteiger partial charge in [0.2, 0.25) is 0 Å². The zero-order valence-corrected chi connectivity index (χ0v) is 10.3. The van der Waals surface area contributed by atoms with E-state index in [0.29, 0.717) is 17.9 Å². The molecule has 1 aliphatic heterocycles. The van der Waals surface area contributed by atoms with E-state index in [2.05, 4.69) is 5.32 Å². The standard InChI is InChI=1S/C14H12N2O3/c1-19-10-5-6-12-11(7-10)14-9(8-15-12)3-2-4-13(14)16(17)18/h2-7,15H,8H2,1H3. The summed E-state index contributed by atoms with van der Waals surface area (Å²) in [7, 11) is 1.58. The fraction of sp³-hybridized carbons (Fsp3) is 0.143. The lowest BCUT2D eigenvalue weighted by atomic mass is 9.93. The van der Waals surface area contributed by atoms with Crippen molar-refractivity contribution in [1.29, 1.82) is 0 Å². The van der Waals surface area contributed by atoms with Gasteiger partial charge in [-0.3, -0.25) is 10.1 Å². The fourth-order valence-electron chi connectivity index (χ4n) is 2.40. The minimum Gasteiger partial charge on any atom is -0.497 e. The van der Waals surface area contributed by atoms with Crippen molar-refractivity contribution in [2.45, 2.75) is 6.54 Å². The molecule has 0 unspecified atom stereocenters. The van der Waals surface area contributed by atoms with E-state index in [1.54, 1.807) is 13.2 Å². The first kappa shape index (κ1) is 11.5. The van der Waals surface area contributed by atoms with Crippen molar-refractivity contribution in [2.75, 3.05) is 12.4 Å². The Morgan fingerprint density at radius 1 is 1.32 bits per heavy atom. The molecule has 0 amide bonds. The van der Waals surface area contributed by atoms with Crippen molar-refractivity contribution >= 4 is 11.4 Å². The average Bonchev–Trinajstić information content (AvgIpc) is 2.45. The minimum absolute atomic E-state index is 0.133. The van der Waals surface area contributed by atoms with E-state index >= 15 is 0 Å². The lowest BCUT2D eigenvalue weighted by Gasteiger charge is -2.21. The van der Waals surface area contributed by atoms with Gasteiger partial charge in [0.05, 0.1) is 17.6 Å². The average molecular weight is 256 g/mol. The van der Waals surface area contributed by atoms with Crippen LogP contribution >= 0.6 is 0 Å². The predicted molar refractivity (Wildman–Crippen MR) is 72.4 cm³/mol. The van der Waals surface area contributed by atoms with E-state index in [9.17, 15) is 10.1 Å². The summed E-state index contributed by atoms with van der Waals surface area (Å²) in [6.45, 7) is 0.594. The molecule has 0 atom stereocenters. The maximum atomic E-state index is 11.2. The fourth-order valence-corrected chi connectivity index (χ4v) is 2.40. The molecule has 0 spiro atoms. The van der Waals surface area contributed by atoms with Crippen LogP contribution in [0.3, 0.4) is 0 Å². The molecular weight excluding hydrogens is 244 g/mol. The van der Waals surface area contributed by atoms with Gasteiger partial charge in [0.15, 0.2) is 0 Å². The van der Waals surface area contributed by atoms with E-state index in [-0.39, 0.29) is 10.6 Å². The number of nitrogens with zero attached hydrogens (tertiary/aromatic N) is 1. The molecule has 0 aliphatic carbocycles. The summed E-state index contributed by atoms with van der Waals surface area (Å²) in [5, 5.41) is 14.4. The summed E-state index contributed by atoms with van der Waals surface area (Å²) in [5.41, 5.74) is 3.44. The van der Waals surface area contributed by atoms with Crippen LogP contribution in [-0.4, -0.2) is 12.0 Å². The van der Waals surface area contributed by atoms with Gasteiger partial charge in [-0.2, -0.15) is 0 Å². The van der Waals surface area contributed by atoms with Crippen molar-refractivity contribution < 1.29 is 9.66 Å². The Bertz CT molecular complexity index is 668. The summed E-state index contributed by atoms with van der Waals surface area (Å²) >= 11 is 0. The summed E-state index contributed by atoms with van der Waals surface area (Å²) in [5.74, 6) is 0.687. The van der Waals surface area contributed by atoms with Gasteiger partial charge in [-0.15, -0.1) is 0 Å². The van der Waals surface area contributed by atoms with Crippen LogP contribution in [-0.2, 0) is 6.54 Å². The van der Waals surface area contributed by atoms with Crippen LogP contribution < -0.4 is 10.1 Å². The number of hydrogen-bond acceptors (Lipinski definition) is 4. The van der Waals surface area contributed by atoms with Crippen LogP contribution in [0.15, 0.2) is 36.4 Å². The second-order valence-electron chi connectivity index (χ2n) is 4.33. The summed E-state index contributed by atoms with van der Waals surface area (Å²) in [6, 6.07) is 10.7. The van der Waals surface area contributed by atoms with Crippen molar-refractivity contribution in [3.63, 3.8) is 0 Å². The number of methoxy groups -OCH3 is 1. The Labute approximate surface area is 110 Å². The molecule has 1 N–H and O–H groups in total. The number of hydrogen-bond donors (Lipinski definition) is 1. The van der Waals surface area contributed by atoms with Gasteiger partial charge in [-0.1, -0.05) is 12.1 Å². The van der Waals surface area contributed by atoms with Gasteiger partial charge in [-0.05, 0) is 23.8 Å². The second kappa shape index (κ2) is 4.28. The van der Waals surface area contributed by atoms with E-state index in [1.165, 1.54) is 6.07 Å². The van der Waals surface area contributed by atoms with Crippen LogP contribution in [0.5, 0.6) is 5.75 Å². The molecule has 0 saturated carbocycles. The molecule has 1 heterocycles. The lowest BCUT2D eigenvalue weighted by molar-refractivity contribution is -0.384. The SMILES string of the molecule is COc1ccc2c(c1)-c1c(cccc1[N+](=O)[O-])CN2. The summed E-state index contributed by atoms with van der Waals surface area (Å²) < 4.78 is 5.20. The molecular formula is C14H12N2O3. The van der Waals surface area contributed by atoms with Crippen molar-refractivity contribution in [3.05, 3.63) is 52.1 Å². The normalized spacial score (nSPS) is 12.1. The molecule has 0 bridgehead atoms. The first-order valence-electron chi connectivity index (χ1n) is 5.89. The third kappa shape index (κ3) is 1.79. The number of ether oxygens (including phenoxy) is 1. The number of nitro benzene ring substituents is 1. The first-order chi connectivity index (χ1) is 9.20. The molecule has 1 aliphatic rings. The van der Waals surface area contributed by atoms with Crippen molar-refractivity contribution in [2.24, 2.45) is 0 Å². The number of rotatable bonds is 2. The number of nitrogens with one attached hydrogen (secondary N) is 1. The number of anilines is 1. The zero-order chi connectivity index (χ0) is 13.4. The van der Waals surface area contributed by atoms with Crippen LogP contribution in [0, 0.1) is 10.1 Å². The van der Waals surface area contributed by atoms with Gasteiger partial charge in [0, 0.05) is 23.9 Å². The number of fused-ring (bicyclic) bond motifs is 3. The molecule has 5 nitrogen and oxygen atoms in total. The van der Waals surface area contributed by atoms with E-state index < -0.39 is 0 Å². The molecule has 2 aromatic carbocycles. The van der Waals surface area contributed by atoms with Gasteiger partial charge >= 0.3 is 0 Å². The van der Waals surface area contributed by atoms with Gasteiger partial charge in [0.25, 0.3) is 5.69 Å². The third-order valence-electron chi connectivity index (χ3n) is 3.29. The molecule has 3 rings (SSSR count). The van der Waals surface area contributed by atoms with Gasteiger partial charge in [0.1, 0.15) is 5.75 Å². The minimum atomic E-state index is -0.340. The third-order valence-corrected chi connectivity index (χ3v) is 3.29. The Hall–Kier alpha value is -2.56. The predicted octanol–water partition coefficient (Wildman–Crippen LogP) is 3.20. The molecule has 2 aromatic rings. The number of nitro groups is 1. The molecule has 0 fully saturated rings. The second-order valence-corrected chi connectivity index (χ2v) is 4.33. The first-order valence-corrected chi connectivity index (χ1v) is 5.89. The molecule has 5 heteroatoms. The molecule has 0 saturated heterocycles. The highest BCUT2D eigenvalue weighted by atomic mass is 16.6. The summed E-state index contributed by atoms with van der Waals surface area (Å²) in [6.07, 6.45) is 0. The van der Waals surface area contributed by atoms with Crippen LogP contribution in [0.25, 0.3) is 11.1 Å². The highest BCUT2D eigenvalue weighted by molar-refractivity contribution is 5.88. The Morgan fingerprint density at radius 2 is 2.16 bits per heavy atom. The molecule has 96 valence electrons. The topological polar surface area (TPSA) is 64.4 Å². The molecule has 19 heavy (non-hydrogen) atoms. The van der Waals surface area contributed by atoms with Crippen LogP contribution in [0.1, 0.15) is 5.56 Å². The quantitative estimate of drug-likeness (QED) is 0.662. The maximum Gasteiger partial charge on any atom is 0.277 e. The Kier molecular flexibility index (Phi) is 2.59. The van der Waals surface area contributed by atoms with Crippen LogP contribution in [0.2, 0.25) is 0 Å².